The van der Waals surface area contributed by atoms with E-state index in [0.29, 0.717) is 11.3 Å². The van der Waals surface area contributed by atoms with Gasteiger partial charge in [-0.2, -0.15) is 5.26 Å². The first-order valence-electron chi connectivity index (χ1n) is 6.71. The molecule has 0 unspecified atom stereocenters. The molecule has 0 spiro atoms. The summed E-state index contributed by atoms with van der Waals surface area (Å²) in [6.45, 7) is 1.07. The Morgan fingerprint density at radius 2 is 2.06 bits per heavy atom. The Labute approximate surface area is 109 Å². The van der Waals surface area contributed by atoms with E-state index < -0.39 is 0 Å². The molecule has 2 rings (SSSR count). The quantitative estimate of drug-likeness (QED) is 0.830. The molecule has 1 aromatic rings. The van der Waals surface area contributed by atoms with E-state index in [-0.39, 0.29) is 0 Å². The zero-order valence-corrected chi connectivity index (χ0v) is 11.0. The molecule has 3 heteroatoms. The molecule has 0 aliphatic heterocycles. The summed E-state index contributed by atoms with van der Waals surface area (Å²) in [6, 6.07) is 7.66. The third-order valence-corrected chi connectivity index (χ3v) is 3.82. The normalized spacial score (nSPS) is 16.2. The van der Waals surface area contributed by atoms with Crippen LogP contribution in [-0.2, 0) is 0 Å². The van der Waals surface area contributed by atoms with Crippen molar-refractivity contribution in [2.24, 2.45) is 5.92 Å². The molecule has 1 aliphatic rings. The Hall–Kier alpha value is -1.69. The van der Waals surface area contributed by atoms with Crippen molar-refractivity contribution in [3.05, 3.63) is 23.8 Å². The highest BCUT2D eigenvalue weighted by atomic mass is 15.1. The third-order valence-electron chi connectivity index (χ3n) is 3.82. The van der Waals surface area contributed by atoms with E-state index in [4.69, 9.17) is 11.0 Å². The number of nitrogen functional groups attached to an aromatic ring is 1. The van der Waals surface area contributed by atoms with Crippen LogP contribution in [0.2, 0.25) is 0 Å². The molecule has 0 radical (unpaired) electrons. The Morgan fingerprint density at radius 1 is 1.33 bits per heavy atom. The van der Waals surface area contributed by atoms with E-state index in [2.05, 4.69) is 18.0 Å². The topological polar surface area (TPSA) is 53.0 Å². The van der Waals surface area contributed by atoms with Crippen LogP contribution < -0.4 is 10.6 Å². The van der Waals surface area contributed by atoms with Gasteiger partial charge in [0.25, 0.3) is 0 Å². The standard InChI is InChI=1S/C15H21N3/c1-18(11-12-5-3-2-4-6-12)15-8-7-13(10-16)9-14(15)17/h7-9,12H,2-6,11,17H2,1H3. The zero-order chi connectivity index (χ0) is 13.0. The maximum absolute atomic E-state index is 8.83. The fraction of sp³-hybridized carbons (Fsp3) is 0.533. The number of rotatable bonds is 3. The van der Waals surface area contributed by atoms with Crippen LogP contribution in [0.3, 0.4) is 0 Å². The van der Waals surface area contributed by atoms with Crippen LogP contribution in [0.1, 0.15) is 37.7 Å². The predicted molar refractivity (Wildman–Crippen MR) is 75.4 cm³/mol. The van der Waals surface area contributed by atoms with Crippen molar-refractivity contribution in [2.75, 3.05) is 24.2 Å². The zero-order valence-electron chi connectivity index (χ0n) is 11.0. The fourth-order valence-corrected chi connectivity index (χ4v) is 2.83. The second kappa shape index (κ2) is 5.77. The van der Waals surface area contributed by atoms with Crippen molar-refractivity contribution in [3.8, 4) is 6.07 Å². The highest BCUT2D eigenvalue weighted by Crippen LogP contribution is 2.28. The van der Waals surface area contributed by atoms with Gasteiger partial charge in [-0.3, -0.25) is 0 Å². The largest absolute Gasteiger partial charge is 0.397 e. The molecule has 18 heavy (non-hydrogen) atoms. The van der Waals surface area contributed by atoms with Crippen LogP contribution in [0, 0.1) is 17.2 Å². The van der Waals surface area contributed by atoms with E-state index in [1.54, 1.807) is 6.07 Å². The maximum atomic E-state index is 8.83. The summed E-state index contributed by atoms with van der Waals surface area (Å²) in [4.78, 5) is 2.23. The lowest BCUT2D eigenvalue weighted by Gasteiger charge is -2.29. The summed E-state index contributed by atoms with van der Waals surface area (Å²) < 4.78 is 0. The average Bonchev–Trinajstić information content (AvgIpc) is 2.39. The summed E-state index contributed by atoms with van der Waals surface area (Å²) >= 11 is 0. The summed E-state index contributed by atoms with van der Waals surface area (Å²) in [6.07, 6.45) is 6.78. The number of hydrogen-bond acceptors (Lipinski definition) is 3. The number of nitrogens with two attached hydrogens (primary N) is 1. The minimum absolute atomic E-state index is 0.627. The lowest BCUT2D eigenvalue weighted by molar-refractivity contribution is 0.362. The first-order valence-corrected chi connectivity index (χ1v) is 6.71. The fourth-order valence-electron chi connectivity index (χ4n) is 2.83. The van der Waals surface area contributed by atoms with Crippen LogP contribution in [0.25, 0.3) is 0 Å². The molecule has 2 N–H and O–H groups in total. The molecule has 0 atom stereocenters. The summed E-state index contributed by atoms with van der Waals surface area (Å²) in [5.74, 6) is 0.791. The molecule has 3 nitrogen and oxygen atoms in total. The molecule has 1 fully saturated rings. The number of nitrogens with zero attached hydrogens (tertiary/aromatic N) is 2. The molecule has 1 saturated carbocycles. The first-order chi connectivity index (χ1) is 8.70. The van der Waals surface area contributed by atoms with Crippen molar-refractivity contribution >= 4 is 11.4 Å². The van der Waals surface area contributed by atoms with Gasteiger partial charge in [0.05, 0.1) is 23.0 Å². The highest BCUT2D eigenvalue weighted by molar-refractivity contribution is 5.69. The van der Waals surface area contributed by atoms with Gasteiger partial charge in [-0.1, -0.05) is 19.3 Å². The number of anilines is 2. The van der Waals surface area contributed by atoms with Gasteiger partial charge in [0, 0.05) is 13.6 Å². The average molecular weight is 243 g/mol. The van der Waals surface area contributed by atoms with Crippen LogP contribution in [0.15, 0.2) is 18.2 Å². The van der Waals surface area contributed by atoms with Crippen molar-refractivity contribution in [2.45, 2.75) is 32.1 Å². The summed E-state index contributed by atoms with van der Waals surface area (Å²) in [5.41, 5.74) is 8.38. The molecule has 1 aliphatic carbocycles. The molecule has 0 bridgehead atoms. The van der Waals surface area contributed by atoms with Gasteiger partial charge in [-0.25, -0.2) is 0 Å². The Kier molecular flexibility index (Phi) is 4.09. The monoisotopic (exact) mass is 243 g/mol. The van der Waals surface area contributed by atoms with E-state index >= 15 is 0 Å². The van der Waals surface area contributed by atoms with Gasteiger partial charge in [-0.05, 0) is 37.0 Å². The first kappa shape index (κ1) is 12.8. The molecule has 96 valence electrons. The SMILES string of the molecule is CN(CC1CCCCC1)c1ccc(C#N)cc1N. The van der Waals surface area contributed by atoms with Crippen LogP contribution in [-0.4, -0.2) is 13.6 Å². The number of hydrogen-bond donors (Lipinski definition) is 1. The highest BCUT2D eigenvalue weighted by Gasteiger charge is 2.16. The Balaban J connectivity index is 2.04. The maximum Gasteiger partial charge on any atom is 0.0992 e. The van der Waals surface area contributed by atoms with E-state index in [9.17, 15) is 0 Å². The van der Waals surface area contributed by atoms with Gasteiger partial charge >= 0.3 is 0 Å². The molecule has 0 aromatic heterocycles. The summed E-state index contributed by atoms with van der Waals surface area (Å²) in [5, 5.41) is 8.83. The van der Waals surface area contributed by atoms with E-state index in [1.165, 1.54) is 32.1 Å². The van der Waals surface area contributed by atoms with E-state index in [0.717, 1.165) is 18.2 Å². The molecular formula is C15H21N3. The van der Waals surface area contributed by atoms with Crippen molar-refractivity contribution < 1.29 is 0 Å². The van der Waals surface area contributed by atoms with Gasteiger partial charge in [0.2, 0.25) is 0 Å². The molecule has 0 saturated heterocycles. The number of benzene rings is 1. The predicted octanol–water partition coefficient (Wildman–Crippen LogP) is 3.16. The minimum atomic E-state index is 0.627. The van der Waals surface area contributed by atoms with Gasteiger partial charge < -0.3 is 10.6 Å². The molecule has 0 heterocycles. The minimum Gasteiger partial charge on any atom is -0.397 e. The molecule has 0 amide bonds. The van der Waals surface area contributed by atoms with Crippen LogP contribution >= 0.6 is 0 Å². The smallest absolute Gasteiger partial charge is 0.0992 e. The Morgan fingerprint density at radius 3 is 2.67 bits per heavy atom. The van der Waals surface area contributed by atoms with Gasteiger partial charge in [0.15, 0.2) is 0 Å². The van der Waals surface area contributed by atoms with Crippen molar-refractivity contribution in [1.29, 1.82) is 5.26 Å². The van der Waals surface area contributed by atoms with Crippen molar-refractivity contribution in [3.63, 3.8) is 0 Å². The van der Waals surface area contributed by atoms with Crippen LogP contribution in [0.5, 0.6) is 0 Å². The Bertz CT molecular complexity index is 442. The second-order valence-corrected chi connectivity index (χ2v) is 5.27. The van der Waals surface area contributed by atoms with Crippen molar-refractivity contribution in [1.82, 2.24) is 0 Å². The van der Waals surface area contributed by atoms with Crippen LogP contribution in [0.4, 0.5) is 11.4 Å². The lowest BCUT2D eigenvalue weighted by Crippen LogP contribution is -2.27. The number of nitriles is 1. The molecular weight excluding hydrogens is 222 g/mol. The third kappa shape index (κ3) is 2.95. The van der Waals surface area contributed by atoms with Gasteiger partial charge in [0.1, 0.15) is 0 Å². The second-order valence-electron chi connectivity index (χ2n) is 5.27. The molecule has 1 aromatic carbocycles. The summed E-state index contributed by atoms with van der Waals surface area (Å²) in [7, 11) is 2.09. The lowest BCUT2D eigenvalue weighted by atomic mass is 9.89. The van der Waals surface area contributed by atoms with Gasteiger partial charge in [-0.15, -0.1) is 0 Å². The van der Waals surface area contributed by atoms with E-state index in [1.807, 2.05) is 12.1 Å².